The Morgan fingerprint density at radius 2 is 1.66 bits per heavy atom. The van der Waals surface area contributed by atoms with Gasteiger partial charge in [-0.3, -0.25) is 14.9 Å². The standard InChI is InChI=1S/C29H38N4O5/c1-28(2,3)25(34)31-24-18(15-30-27(32-24)33-26(35)29(4,5)6)13-17-14-21(36-7)23(37-8)22-19(17)11-12-20(38-22)16-9-10-16/h11-12,14-16,20H,9-10,13H2,1-8H3,(H2,30,31,32,33,34,35). The molecule has 204 valence electrons. The Balaban J connectivity index is 1.75. The molecule has 1 aromatic carbocycles. The Morgan fingerprint density at radius 3 is 2.24 bits per heavy atom. The highest BCUT2D eigenvalue weighted by molar-refractivity contribution is 5.95. The summed E-state index contributed by atoms with van der Waals surface area (Å²) in [6.07, 6.45) is 8.49. The van der Waals surface area contributed by atoms with Crippen LogP contribution in [-0.4, -0.2) is 42.1 Å². The number of anilines is 2. The van der Waals surface area contributed by atoms with Crippen LogP contribution in [0, 0.1) is 16.7 Å². The minimum Gasteiger partial charge on any atom is -0.493 e. The maximum Gasteiger partial charge on any atom is 0.232 e. The van der Waals surface area contributed by atoms with Crippen LogP contribution in [0.15, 0.2) is 18.3 Å². The van der Waals surface area contributed by atoms with Crippen LogP contribution in [0.2, 0.25) is 0 Å². The molecule has 4 rings (SSSR count). The summed E-state index contributed by atoms with van der Waals surface area (Å²) in [6, 6.07) is 1.91. The number of hydrogen-bond donors (Lipinski definition) is 2. The quantitative estimate of drug-likeness (QED) is 0.512. The summed E-state index contributed by atoms with van der Waals surface area (Å²) in [6.45, 7) is 10.9. The van der Waals surface area contributed by atoms with E-state index in [1.807, 2.05) is 47.6 Å². The lowest BCUT2D eigenvalue weighted by Gasteiger charge is -2.26. The van der Waals surface area contributed by atoms with E-state index in [-0.39, 0.29) is 23.9 Å². The number of amides is 2. The van der Waals surface area contributed by atoms with Gasteiger partial charge < -0.3 is 19.5 Å². The molecule has 1 aliphatic heterocycles. The predicted molar refractivity (Wildman–Crippen MR) is 147 cm³/mol. The third-order valence-electron chi connectivity index (χ3n) is 6.61. The van der Waals surface area contributed by atoms with Crippen molar-refractivity contribution in [1.82, 2.24) is 9.97 Å². The summed E-state index contributed by atoms with van der Waals surface area (Å²) in [5.74, 6) is 2.32. The smallest absolute Gasteiger partial charge is 0.232 e. The highest BCUT2D eigenvalue weighted by Gasteiger charge is 2.35. The van der Waals surface area contributed by atoms with Crippen molar-refractivity contribution in [2.45, 2.75) is 66.9 Å². The number of benzene rings is 1. The zero-order valence-corrected chi connectivity index (χ0v) is 23.5. The first-order chi connectivity index (χ1) is 17.8. The molecule has 38 heavy (non-hydrogen) atoms. The SMILES string of the molecule is COc1cc(Cc2cnc(NC(=O)C(C)(C)C)nc2NC(=O)C(C)(C)C)c2c(c1OC)OC(C1CC1)C=C2. The van der Waals surface area contributed by atoms with E-state index in [1.165, 1.54) is 0 Å². The number of aromatic nitrogens is 2. The third kappa shape index (κ3) is 5.92. The van der Waals surface area contributed by atoms with Crippen molar-refractivity contribution < 1.29 is 23.8 Å². The number of rotatable bonds is 7. The normalized spacial score (nSPS) is 16.8. The largest absolute Gasteiger partial charge is 0.493 e. The van der Waals surface area contributed by atoms with E-state index in [2.05, 4.69) is 32.8 Å². The van der Waals surface area contributed by atoms with Gasteiger partial charge in [-0.2, -0.15) is 4.98 Å². The van der Waals surface area contributed by atoms with Crippen molar-refractivity contribution in [1.29, 1.82) is 0 Å². The Morgan fingerprint density at radius 1 is 1.00 bits per heavy atom. The molecule has 2 amide bonds. The molecule has 1 atom stereocenters. The number of carbonyl (C=O) groups excluding carboxylic acids is 2. The highest BCUT2D eigenvalue weighted by Crippen LogP contribution is 2.48. The number of methoxy groups -OCH3 is 2. The van der Waals surface area contributed by atoms with Gasteiger partial charge in [0.15, 0.2) is 11.5 Å². The predicted octanol–water partition coefficient (Wildman–Crippen LogP) is 5.24. The first-order valence-corrected chi connectivity index (χ1v) is 12.9. The highest BCUT2D eigenvalue weighted by atomic mass is 16.5. The van der Waals surface area contributed by atoms with Crippen LogP contribution >= 0.6 is 0 Å². The molecule has 1 aromatic heterocycles. The average molecular weight is 523 g/mol. The average Bonchev–Trinajstić information content (AvgIpc) is 3.69. The maximum absolute atomic E-state index is 12.9. The molecule has 2 heterocycles. The second-order valence-corrected chi connectivity index (χ2v) is 11.9. The van der Waals surface area contributed by atoms with E-state index in [4.69, 9.17) is 14.2 Å². The van der Waals surface area contributed by atoms with Crippen LogP contribution in [0.3, 0.4) is 0 Å². The number of carbonyl (C=O) groups is 2. The van der Waals surface area contributed by atoms with Gasteiger partial charge in [-0.15, -0.1) is 0 Å². The zero-order chi connectivity index (χ0) is 27.8. The summed E-state index contributed by atoms with van der Waals surface area (Å²) >= 11 is 0. The van der Waals surface area contributed by atoms with Crippen molar-refractivity contribution in [2.24, 2.45) is 16.7 Å². The lowest BCUT2D eigenvalue weighted by atomic mass is 9.94. The van der Waals surface area contributed by atoms with Crippen LogP contribution in [0.4, 0.5) is 11.8 Å². The summed E-state index contributed by atoms with van der Waals surface area (Å²) in [4.78, 5) is 34.4. The summed E-state index contributed by atoms with van der Waals surface area (Å²) in [5, 5.41) is 5.69. The molecule has 0 radical (unpaired) electrons. The second-order valence-electron chi connectivity index (χ2n) is 11.9. The molecular formula is C29H38N4O5. The second kappa shape index (κ2) is 10.3. The zero-order valence-electron chi connectivity index (χ0n) is 23.5. The Kier molecular flexibility index (Phi) is 7.41. The van der Waals surface area contributed by atoms with Gasteiger partial charge in [0, 0.05) is 34.6 Å². The molecular weight excluding hydrogens is 484 g/mol. The molecule has 1 unspecified atom stereocenters. The van der Waals surface area contributed by atoms with Crippen LogP contribution < -0.4 is 24.8 Å². The fourth-order valence-corrected chi connectivity index (χ4v) is 4.01. The van der Waals surface area contributed by atoms with Crippen molar-refractivity contribution in [3.05, 3.63) is 35.0 Å². The molecule has 0 bridgehead atoms. The van der Waals surface area contributed by atoms with E-state index < -0.39 is 10.8 Å². The van der Waals surface area contributed by atoms with Crippen LogP contribution in [0.25, 0.3) is 6.08 Å². The number of fused-ring (bicyclic) bond motifs is 1. The number of hydrogen-bond acceptors (Lipinski definition) is 7. The van der Waals surface area contributed by atoms with Gasteiger partial charge in [-0.05, 0) is 36.5 Å². The van der Waals surface area contributed by atoms with Crippen LogP contribution in [-0.2, 0) is 16.0 Å². The molecule has 9 heteroatoms. The van der Waals surface area contributed by atoms with Crippen molar-refractivity contribution in [3.8, 4) is 17.2 Å². The molecule has 2 N–H and O–H groups in total. The van der Waals surface area contributed by atoms with E-state index >= 15 is 0 Å². The molecule has 0 saturated heterocycles. The monoisotopic (exact) mass is 522 g/mol. The van der Waals surface area contributed by atoms with Gasteiger partial charge >= 0.3 is 0 Å². The van der Waals surface area contributed by atoms with Gasteiger partial charge in [0.05, 0.1) is 14.2 Å². The lowest BCUT2D eigenvalue weighted by molar-refractivity contribution is -0.123. The molecule has 1 fully saturated rings. The summed E-state index contributed by atoms with van der Waals surface area (Å²) in [7, 11) is 3.19. The Hall–Kier alpha value is -3.62. The first kappa shape index (κ1) is 27.4. The van der Waals surface area contributed by atoms with Gasteiger partial charge in [-0.1, -0.05) is 47.6 Å². The fourth-order valence-electron chi connectivity index (χ4n) is 4.01. The number of nitrogens with one attached hydrogen (secondary N) is 2. The van der Waals surface area contributed by atoms with Crippen molar-refractivity contribution in [2.75, 3.05) is 24.9 Å². The van der Waals surface area contributed by atoms with Gasteiger partial charge in [0.1, 0.15) is 11.9 Å². The Labute approximate surface area is 224 Å². The van der Waals surface area contributed by atoms with Gasteiger partial charge in [-0.25, -0.2) is 4.98 Å². The molecule has 0 spiro atoms. The van der Waals surface area contributed by atoms with E-state index in [0.717, 1.165) is 24.0 Å². The topological polar surface area (TPSA) is 112 Å². The lowest BCUT2D eigenvalue weighted by Crippen LogP contribution is -2.30. The minimum absolute atomic E-state index is 0.00651. The van der Waals surface area contributed by atoms with Gasteiger partial charge in [0.25, 0.3) is 0 Å². The van der Waals surface area contributed by atoms with E-state index in [9.17, 15) is 9.59 Å². The fraction of sp³-hybridized carbons (Fsp3) is 0.517. The number of ether oxygens (including phenoxy) is 3. The third-order valence-corrected chi connectivity index (χ3v) is 6.61. The summed E-state index contributed by atoms with van der Waals surface area (Å²) < 4.78 is 17.7. The Bertz CT molecular complexity index is 1270. The number of nitrogens with zero attached hydrogens (tertiary/aromatic N) is 2. The van der Waals surface area contributed by atoms with Crippen LogP contribution in [0.1, 0.15) is 71.1 Å². The molecule has 2 aromatic rings. The van der Waals surface area contributed by atoms with E-state index in [0.29, 0.717) is 41.0 Å². The molecule has 9 nitrogen and oxygen atoms in total. The summed E-state index contributed by atoms with van der Waals surface area (Å²) in [5.41, 5.74) is 1.21. The molecule has 1 saturated carbocycles. The van der Waals surface area contributed by atoms with Crippen molar-refractivity contribution >= 4 is 29.7 Å². The van der Waals surface area contributed by atoms with E-state index in [1.54, 1.807) is 20.4 Å². The molecule has 2 aliphatic rings. The van der Waals surface area contributed by atoms with Gasteiger partial charge in [0.2, 0.25) is 23.5 Å². The molecule has 1 aliphatic carbocycles. The minimum atomic E-state index is -0.645. The first-order valence-electron chi connectivity index (χ1n) is 12.9. The maximum atomic E-state index is 12.9. The van der Waals surface area contributed by atoms with Crippen LogP contribution in [0.5, 0.6) is 17.2 Å². The van der Waals surface area contributed by atoms with Crippen molar-refractivity contribution in [3.63, 3.8) is 0 Å².